The maximum Gasteiger partial charge on any atom is 0.335 e. The molecule has 1 aromatic rings. The fraction of sp³-hybridized carbons (Fsp3) is 0.462. The van der Waals surface area contributed by atoms with Gasteiger partial charge in [0.15, 0.2) is 0 Å². The predicted molar refractivity (Wildman–Crippen MR) is 62.8 cm³/mol. The van der Waals surface area contributed by atoms with E-state index >= 15 is 0 Å². The molecule has 0 fully saturated rings. The van der Waals surface area contributed by atoms with E-state index in [1.807, 2.05) is 0 Å². The van der Waals surface area contributed by atoms with E-state index in [0.717, 1.165) is 24.8 Å². The van der Waals surface area contributed by atoms with E-state index in [2.05, 4.69) is 13.8 Å². The van der Waals surface area contributed by atoms with Crippen molar-refractivity contribution < 1.29 is 15.0 Å². The van der Waals surface area contributed by atoms with Crippen LogP contribution in [-0.4, -0.2) is 16.2 Å². The molecule has 0 unspecified atom stereocenters. The molecule has 0 aliphatic heterocycles. The third-order valence-electron chi connectivity index (χ3n) is 2.47. The number of hydrogen-bond donors (Lipinski definition) is 2. The Hall–Kier alpha value is -1.51. The molecule has 0 spiro atoms. The van der Waals surface area contributed by atoms with Crippen LogP contribution in [0.15, 0.2) is 18.2 Å². The Labute approximate surface area is 95.7 Å². The van der Waals surface area contributed by atoms with Crippen LogP contribution < -0.4 is 0 Å². The molecule has 0 saturated heterocycles. The van der Waals surface area contributed by atoms with Gasteiger partial charge < -0.3 is 10.2 Å². The van der Waals surface area contributed by atoms with Gasteiger partial charge in [-0.05, 0) is 42.5 Å². The molecule has 3 nitrogen and oxygen atoms in total. The van der Waals surface area contributed by atoms with Crippen LogP contribution in [0, 0.1) is 5.92 Å². The summed E-state index contributed by atoms with van der Waals surface area (Å²) in [6.07, 6.45) is 2.94. The maximum absolute atomic E-state index is 10.8. The van der Waals surface area contributed by atoms with E-state index in [1.165, 1.54) is 6.07 Å². The molecular weight excluding hydrogens is 204 g/mol. The van der Waals surface area contributed by atoms with E-state index in [1.54, 1.807) is 12.1 Å². The minimum atomic E-state index is -0.999. The number of benzene rings is 1. The average molecular weight is 222 g/mol. The molecule has 0 amide bonds. The van der Waals surface area contributed by atoms with Crippen LogP contribution >= 0.6 is 0 Å². The molecule has 0 radical (unpaired) electrons. The second kappa shape index (κ2) is 5.54. The van der Waals surface area contributed by atoms with Crippen molar-refractivity contribution >= 4 is 5.97 Å². The van der Waals surface area contributed by atoms with Gasteiger partial charge in [-0.2, -0.15) is 0 Å². The Morgan fingerprint density at radius 3 is 2.56 bits per heavy atom. The number of carboxylic acids is 1. The number of aryl methyl sites for hydroxylation is 1. The number of aromatic hydroxyl groups is 1. The molecule has 0 saturated carbocycles. The Kier molecular flexibility index (Phi) is 4.35. The van der Waals surface area contributed by atoms with E-state index in [0.29, 0.717) is 5.92 Å². The van der Waals surface area contributed by atoms with Crippen LogP contribution in [0.5, 0.6) is 5.75 Å². The van der Waals surface area contributed by atoms with E-state index < -0.39 is 5.97 Å². The van der Waals surface area contributed by atoms with Gasteiger partial charge in [0.1, 0.15) is 5.75 Å². The second-order valence-electron chi connectivity index (χ2n) is 4.48. The summed E-state index contributed by atoms with van der Waals surface area (Å²) < 4.78 is 0. The first-order valence-electron chi connectivity index (χ1n) is 5.55. The van der Waals surface area contributed by atoms with Crippen molar-refractivity contribution in [3.8, 4) is 5.75 Å². The fourth-order valence-corrected chi connectivity index (χ4v) is 1.66. The van der Waals surface area contributed by atoms with Gasteiger partial charge in [-0.1, -0.05) is 20.3 Å². The lowest BCUT2D eigenvalue weighted by molar-refractivity contribution is 0.0696. The molecule has 0 aliphatic carbocycles. The van der Waals surface area contributed by atoms with Gasteiger partial charge in [-0.3, -0.25) is 0 Å². The van der Waals surface area contributed by atoms with Gasteiger partial charge in [0.2, 0.25) is 0 Å². The summed E-state index contributed by atoms with van der Waals surface area (Å²) in [5, 5.41) is 18.2. The van der Waals surface area contributed by atoms with Crippen molar-refractivity contribution in [1.29, 1.82) is 0 Å². The average Bonchev–Trinajstić information content (AvgIpc) is 2.16. The molecular formula is C13H18O3. The van der Waals surface area contributed by atoms with Crippen molar-refractivity contribution in [2.45, 2.75) is 33.1 Å². The summed E-state index contributed by atoms with van der Waals surface area (Å²) in [6, 6.07) is 4.53. The van der Waals surface area contributed by atoms with Crippen LogP contribution in [-0.2, 0) is 6.42 Å². The Morgan fingerprint density at radius 1 is 1.31 bits per heavy atom. The van der Waals surface area contributed by atoms with Crippen molar-refractivity contribution in [1.82, 2.24) is 0 Å². The summed E-state index contributed by atoms with van der Waals surface area (Å²) in [5.41, 5.74) is 1.04. The zero-order valence-corrected chi connectivity index (χ0v) is 9.73. The molecule has 0 bridgehead atoms. The first-order valence-corrected chi connectivity index (χ1v) is 5.55. The minimum Gasteiger partial charge on any atom is -0.508 e. The smallest absolute Gasteiger partial charge is 0.335 e. The minimum absolute atomic E-state index is 0.0273. The monoisotopic (exact) mass is 222 g/mol. The lowest BCUT2D eigenvalue weighted by Gasteiger charge is -2.06. The van der Waals surface area contributed by atoms with Crippen LogP contribution in [0.1, 0.15) is 42.6 Å². The molecule has 3 heteroatoms. The third-order valence-corrected chi connectivity index (χ3v) is 2.47. The summed E-state index contributed by atoms with van der Waals surface area (Å²) in [7, 11) is 0. The Bertz CT molecular complexity index is 369. The summed E-state index contributed by atoms with van der Waals surface area (Å²) >= 11 is 0. The lowest BCUT2D eigenvalue weighted by atomic mass is 10.0. The van der Waals surface area contributed by atoms with Crippen molar-refractivity contribution in [2.24, 2.45) is 5.92 Å². The van der Waals surface area contributed by atoms with Gasteiger partial charge in [-0.15, -0.1) is 0 Å². The molecule has 2 N–H and O–H groups in total. The van der Waals surface area contributed by atoms with Gasteiger partial charge in [0.25, 0.3) is 0 Å². The first-order chi connectivity index (χ1) is 7.49. The van der Waals surface area contributed by atoms with Crippen molar-refractivity contribution in [3.05, 3.63) is 29.3 Å². The quantitative estimate of drug-likeness (QED) is 0.805. The predicted octanol–water partition coefficient (Wildman–Crippen LogP) is 3.07. The Balaban J connectivity index is 2.69. The zero-order chi connectivity index (χ0) is 12.1. The molecule has 16 heavy (non-hydrogen) atoms. The highest BCUT2D eigenvalue weighted by Gasteiger charge is 2.06. The number of carboxylic acid groups (broad SMARTS) is 1. The topological polar surface area (TPSA) is 57.5 Å². The fourth-order valence-electron chi connectivity index (χ4n) is 1.66. The standard InChI is InChI=1S/C13H18O3/c1-9(2)4-3-5-10-6-11(13(15)16)8-12(14)7-10/h6-9,14H,3-5H2,1-2H3,(H,15,16). The molecule has 0 atom stereocenters. The first kappa shape index (κ1) is 12.6. The van der Waals surface area contributed by atoms with Crippen LogP contribution in [0.3, 0.4) is 0 Å². The number of carbonyl (C=O) groups is 1. The van der Waals surface area contributed by atoms with Crippen LogP contribution in [0.4, 0.5) is 0 Å². The zero-order valence-electron chi connectivity index (χ0n) is 9.73. The number of hydrogen-bond acceptors (Lipinski definition) is 2. The van der Waals surface area contributed by atoms with Crippen molar-refractivity contribution in [2.75, 3.05) is 0 Å². The van der Waals surface area contributed by atoms with Gasteiger partial charge >= 0.3 is 5.97 Å². The lowest BCUT2D eigenvalue weighted by Crippen LogP contribution is -1.98. The highest BCUT2D eigenvalue weighted by molar-refractivity contribution is 5.88. The normalized spacial score (nSPS) is 10.7. The van der Waals surface area contributed by atoms with E-state index in [4.69, 9.17) is 5.11 Å². The highest BCUT2D eigenvalue weighted by atomic mass is 16.4. The second-order valence-corrected chi connectivity index (χ2v) is 4.48. The number of phenolic OH excluding ortho intramolecular Hbond substituents is 1. The molecule has 0 aromatic heterocycles. The van der Waals surface area contributed by atoms with Gasteiger partial charge in [0.05, 0.1) is 5.56 Å². The van der Waals surface area contributed by atoms with Gasteiger partial charge in [-0.25, -0.2) is 4.79 Å². The van der Waals surface area contributed by atoms with Crippen molar-refractivity contribution in [3.63, 3.8) is 0 Å². The summed E-state index contributed by atoms with van der Waals surface area (Å²) in [5.74, 6) is -0.322. The van der Waals surface area contributed by atoms with E-state index in [-0.39, 0.29) is 11.3 Å². The van der Waals surface area contributed by atoms with Crippen LogP contribution in [0.25, 0.3) is 0 Å². The largest absolute Gasteiger partial charge is 0.508 e. The summed E-state index contributed by atoms with van der Waals surface area (Å²) in [4.78, 5) is 10.8. The molecule has 1 rings (SSSR count). The number of rotatable bonds is 5. The summed E-state index contributed by atoms with van der Waals surface area (Å²) in [6.45, 7) is 4.32. The maximum atomic E-state index is 10.8. The third kappa shape index (κ3) is 3.93. The number of aromatic carboxylic acids is 1. The Morgan fingerprint density at radius 2 is 2.00 bits per heavy atom. The van der Waals surface area contributed by atoms with Crippen LogP contribution in [0.2, 0.25) is 0 Å². The molecule has 0 aliphatic rings. The highest BCUT2D eigenvalue weighted by Crippen LogP contribution is 2.18. The molecule has 1 aromatic carbocycles. The van der Waals surface area contributed by atoms with E-state index in [9.17, 15) is 9.90 Å². The number of phenols is 1. The molecule has 88 valence electrons. The molecule has 0 heterocycles. The SMILES string of the molecule is CC(C)CCCc1cc(O)cc(C(=O)O)c1. The van der Waals surface area contributed by atoms with Gasteiger partial charge in [0, 0.05) is 0 Å².